The Morgan fingerprint density at radius 3 is 1.76 bits per heavy atom. The molecule has 0 heterocycles. The molecule has 2 aromatic rings. The maximum Gasteiger partial charge on any atom is 0.166 e. The van der Waals surface area contributed by atoms with Crippen molar-refractivity contribution in [1.29, 1.82) is 0 Å². The Balaban J connectivity index is 2.23. The molecule has 0 spiro atoms. The number of benzene rings is 2. The highest BCUT2D eigenvalue weighted by molar-refractivity contribution is 5.83. The van der Waals surface area contributed by atoms with Crippen molar-refractivity contribution in [3.05, 3.63) is 71.0 Å². The molecule has 21 heavy (non-hydrogen) atoms. The molecule has 0 unspecified atom stereocenters. The molecular formula is C18H17F3. The lowest BCUT2D eigenvalue weighted by Crippen LogP contribution is -1.88. The summed E-state index contributed by atoms with van der Waals surface area (Å²) in [6, 6.07) is 11.4. The van der Waals surface area contributed by atoms with E-state index in [1.165, 1.54) is 12.1 Å². The van der Waals surface area contributed by atoms with Crippen molar-refractivity contribution < 1.29 is 13.2 Å². The second-order valence-electron chi connectivity index (χ2n) is 4.94. The van der Waals surface area contributed by atoms with Crippen molar-refractivity contribution in [2.45, 2.75) is 26.2 Å². The molecule has 0 fully saturated rings. The van der Waals surface area contributed by atoms with Gasteiger partial charge in [0.1, 0.15) is 5.82 Å². The van der Waals surface area contributed by atoms with Crippen LogP contribution in [0.5, 0.6) is 0 Å². The molecule has 0 bridgehead atoms. The lowest BCUT2D eigenvalue weighted by atomic mass is 10.0. The highest BCUT2D eigenvalue weighted by Crippen LogP contribution is 2.29. The minimum Gasteiger partial charge on any atom is -0.207 e. The summed E-state index contributed by atoms with van der Waals surface area (Å²) in [6.07, 6.45) is 3.10. The average Bonchev–Trinajstić information content (AvgIpc) is 2.53. The molecule has 0 saturated heterocycles. The molecule has 3 heteroatoms. The van der Waals surface area contributed by atoms with E-state index >= 15 is 0 Å². The molecule has 0 amide bonds. The van der Waals surface area contributed by atoms with Crippen molar-refractivity contribution in [1.82, 2.24) is 0 Å². The topological polar surface area (TPSA) is 0 Å². The van der Waals surface area contributed by atoms with Gasteiger partial charge in [0.2, 0.25) is 0 Å². The summed E-state index contributed by atoms with van der Waals surface area (Å²) in [5.41, 5.74) is 1.33. The van der Waals surface area contributed by atoms with Crippen molar-refractivity contribution >= 4 is 11.7 Å². The van der Waals surface area contributed by atoms with Crippen molar-refractivity contribution in [3.8, 4) is 0 Å². The SMILES string of the molecule is CCCCc1ccc(C(F)=C(F)c2ccc(F)cc2)cc1. The fourth-order valence-corrected chi connectivity index (χ4v) is 2.05. The predicted octanol–water partition coefficient (Wildman–Crippen LogP) is 5.93. The third-order valence-electron chi connectivity index (χ3n) is 3.32. The van der Waals surface area contributed by atoms with E-state index in [2.05, 4.69) is 6.92 Å². The summed E-state index contributed by atoms with van der Waals surface area (Å²) < 4.78 is 40.9. The first kappa shape index (κ1) is 15.4. The molecule has 0 aromatic heterocycles. The standard InChI is InChI=1S/C18H17F3/c1-2-3-4-13-5-7-14(8-6-13)17(20)18(21)15-9-11-16(19)12-10-15/h5-12H,2-4H2,1H3. The van der Waals surface area contributed by atoms with Crippen LogP contribution in [0, 0.1) is 5.82 Å². The van der Waals surface area contributed by atoms with E-state index in [-0.39, 0.29) is 11.1 Å². The molecule has 110 valence electrons. The lowest BCUT2D eigenvalue weighted by Gasteiger charge is -2.04. The Labute approximate surface area is 122 Å². The fraction of sp³-hybridized carbons (Fsp3) is 0.222. The maximum atomic E-state index is 14.1. The zero-order valence-electron chi connectivity index (χ0n) is 11.9. The van der Waals surface area contributed by atoms with Crippen LogP contribution in [0.4, 0.5) is 13.2 Å². The molecule has 0 saturated carbocycles. The monoisotopic (exact) mass is 290 g/mol. The van der Waals surface area contributed by atoms with Crippen molar-refractivity contribution in [2.75, 3.05) is 0 Å². The van der Waals surface area contributed by atoms with Gasteiger partial charge in [-0.2, -0.15) is 0 Å². The third-order valence-corrected chi connectivity index (χ3v) is 3.32. The van der Waals surface area contributed by atoms with Crippen LogP contribution in [0.15, 0.2) is 48.5 Å². The van der Waals surface area contributed by atoms with E-state index in [1.54, 1.807) is 12.1 Å². The Morgan fingerprint density at radius 1 is 0.810 bits per heavy atom. The molecule has 0 N–H and O–H groups in total. The number of halogens is 3. The van der Waals surface area contributed by atoms with Crippen LogP contribution in [0.1, 0.15) is 36.5 Å². The van der Waals surface area contributed by atoms with E-state index < -0.39 is 17.5 Å². The number of hydrogen-bond acceptors (Lipinski definition) is 0. The van der Waals surface area contributed by atoms with Gasteiger partial charge >= 0.3 is 0 Å². The van der Waals surface area contributed by atoms with E-state index in [0.717, 1.165) is 37.0 Å². The summed E-state index contributed by atoms with van der Waals surface area (Å²) >= 11 is 0. The predicted molar refractivity (Wildman–Crippen MR) is 80.5 cm³/mol. The zero-order valence-corrected chi connectivity index (χ0v) is 11.9. The summed E-state index contributed by atoms with van der Waals surface area (Å²) in [6.45, 7) is 2.11. The number of aryl methyl sites for hydroxylation is 1. The Hall–Kier alpha value is -2.03. The van der Waals surface area contributed by atoms with Crippen LogP contribution in [-0.4, -0.2) is 0 Å². The first-order valence-corrected chi connectivity index (χ1v) is 7.02. The van der Waals surface area contributed by atoms with Crippen LogP contribution < -0.4 is 0 Å². The zero-order chi connectivity index (χ0) is 15.2. The van der Waals surface area contributed by atoms with Crippen LogP contribution in [0.25, 0.3) is 11.7 Å². The minimum atomic E-state index is -0.976. The second kappa shape index (κ2) is 7.11. The molecule has 0 aliphatic rings. The van der Waals surface area contributed by atoms with Crippen LogP contribution in [-0.2, 0) is 6.42 Å². The Kier molecular flexibility index (Phi) is 5.20. The van der Waals surface area contributed by atoms with E-state index in [0.29, 0.717) is 0 Å². The van der Waals surface area contributed by atoms with E-state index in [9.17, 15) is 13.2 Å². The van der Waals surface area contributed by atoms with Crippen LogP contribution >= 0.6 is 0 Å². The van der Waals surface area contributed by atoms with Gasteiger partial charge in [-0.1, -0.05) is 37.6 Å². The highest BCUT2D eigenvalue weighted by Gasteiger charge is 2.11. The fourth-order valence-electron chi connectivity index (χ4n) is 2.05. The van der Waals surface area contributed by atoms with Gasteiger partial charge in [0, 0.05) is 11.1 Å². The van der Waals surface area contributed by atoms with Gasteiger partial charge in [-0.3, -0.25) is 0 Å². The highest BCUT2D eigenvalue weighted by atomic mass is 19.2. The van der Waals surface area contributed by atoms with Gasteiger partial charge in [0.25, 0.3) is 0 Å². The second-order valence-corrected chi connectivity index (χ2v) is 4.94. The van der Waals surface area contributed by atoms with Crippen LogP contribution in [0.3, 0.4) is 0 Å². The van der Waals surface area contributed by atoms with Crippen LogP contribution in [0.2, 0.25) is 0 Å². The molecular weight excluding hydrogens is 273 g/mol. The molecule has 2 rings (SSSR count). The van der Waals surface area contributed by atoms with Gasteiger partial charge in [0.05, 0.1) is 0 Å². The summed E-state index contributed by atoms with van der Waals surface area (Å²) in [7, 11) is 0. The molecule has 0 atom stereocenters. The van der Waals surface area contributed by atoms with Gasteiger partial charge in [-0.15, -0.1) is 0 Å². The average molecular weight is 290 g/mol. The van der Waals surface area contributed by atoms with Gasteiger partial charge in [0.15, 0.2) is 11.7 Å². The summed E-state index contributed by atoms with van der Waals surface area (Å²) in [5, 5.41) is 0. The number of unbranched alkanes of at least 4 members (excludes halogenated alkanes) is 1. The maximum absolute atomic E-state index is 14.1. The normalized spacial score (nSPS) is 12.2. The van der Waals surface area contributed by atoms with Gasteiger partial charge in [-0.25, -0.2) is 13.2 Å². The summed E-state index contributed by atoms with van der Waals surface area (Å²) in [4.78, 5) is 0. The first-order valence-electron chi connectivity index (χ1n) is 7.02. The molecule has 0 radical (unpaired) electrons. The van der Waals surface area contributed by atoms with E-state index in [4.69, 9.17) is 0 Å². The Bertz CT molecular complexity index is 610. The first-order chi connectivity index (χ1) is 10.1. The molecule has 0 nitrogen and oxygen atoms in total. The molecule has 0 aliphatic heterocycles. The van der Waals surface area contributed by atoms with Crippen molar-refractivity contribution in [2.24, 2.45) is 0 Å². The van der Waals surface area contributed by atoms with E-state index in [1.807, 2.05) is 12.1 Å². The van der Waals surface area contributed by atoms with Crippen molar-refractivity contribution in [3.63, 3.8) is 0 Å². The molecule has 2 aromatic carbocycles. The van der Waals surface area contributed by atoms with Gasteiger partial charge in [-0.05, 0) is 42.7 Å². The smallest absolute Gasteiger partial charge is 0.166 e. The number of hydrogen-bond donors (Lipinski definition) is 0. The third kappa shape index (κ3) is 3.97. The minimum absolute atomic E-state index is 0.0314. The summed E-state index contributed by atoms with van der Waals surface area (Å²) in [5.74, 6) is -2.38. The lowest BCUT2D eigenvalue weighted by molar-refractivity contribution is 0.627. The van der Waals surface area contributed by atoms with Gasteiger partial charge < -0.3 is 0 Å². The largest absolute Gasteiger partial charge is 0.207 e. The Morgan fingerprint density at radius 2 is 1.29 bits per heavy atom. The molecule has 0 aliphatic carbocycles. The number of rotatable bonds is 5. The quantitative estimate of drug-likeness (QED) is 0.598.